The minimum Gasteiger partial charge on any atom is -0.508 e. The van der Waals surface area contributed by atoms with Crippen LogP contribution in [0.5, 0.6) is 5.75 Å². The highest BCUT2D eigenvalue weighted by Gasteiger charge is 2.34. The van der Waals surface area contributed by atoms with Crippen molar-refractivity contribution < 1.29 is 13.9 Å². The molecule has 0 saturated heterocycles. The number of phenolic OH excluding ortho intramolecular Hbond substituents is 1. The van der Waals surface area contributed by atoms with Crippen LogP contribution in [0, 0.1) is 5.92 Å². The number of hydrogen-bond acceptors (Lipinski definition) is 1. The molecule has 15 heavy (non-hydrogen) atoms. The van der Waals surface area contributed by atoms with E-state index in [9.17, 15) is 8.78 Å². The topological polar surface area (TPSA) is 20.2 Å². The summed E-state index contributed by atoms with van der Waals surface area (Å²) in [6.07, 6.45) is 0.553. The van der Waals surface area contributed by atoms with E-state index in [1.54, 1.807) is 12.1 Å². The van der Waals surface area contributed by atoms with Crippen molar-refractivity contribution in [2.45, 2.75) is 31.6 Å². The van der Waals surface area contributed by atoms with Gasteiger partial charge >= 0.3 is 0 Å². The number of benzene rings is 1. The summed E-state index contributed by atoms with van der Waals surface area (Å²) < 4.78 is 25.8. The van der Waals surface area contributed by atoms with E-state index in [-0.39, 0.29) is 11.7 Å². The summed E-state index contributed by atoms with van der Waals surface area (Å²) in [4.78, 5) is 0. The molecule has 0 radical (unpaired) electrons. The van der Waals surface area contributed by atoms with Gasteiger partial charge in [0.25, 0.3) is 0 Å². The molecule has 1 fully saturated rings. The molecule has 1 aliphatic rings. The summed E-state index contributed by atoms with van der Waals surface area (Å²) in [5, 5.41) is 9.10. The summed E-state index contributed by atoms with van der Waals surface area (Å²) >= 11 is 0. The van der Waals surface area contributed by atoms with E-state index in [1.165, 1.54) is 12.1 Å². The average Bonchev–Trinajstić information content (AvgIpc) is 2.12. The Morgan fingerprint density at radius 3 is 2.13 bits per heavy atom. The zero-order chi connectivity index (χ0) is 10.8. The summed E-state index contributed by atoms with van der Waals surface area (Å²) in [7, 11) is 0. The predicted molar refractivity (Wildman–Crippen MR) is 54.2 cm³/mol. The molecule has 1 atom stereocenters. The van der Waals surface area contributed by atoms with Crippen molar-refractivity contribution >= 4 is 0 Å². The quantitative estimate of drug-likeness (QED) is 0.812. The van der Waals surface area contributed by atoms with Crippen molar-refractivity contribution in [1.82, 2.24) is 0 Å². The molecule has 82 valence electrons. The van der Waals surface area contributed by atoms with Gasteiger partial charge in [-0.2, -0.15) is 0 Å². The molecule has 1 unspecified atom stereocenters. The number of alkyl halides is 2. The third kappa shape index (κ3) is 2.11. The Hall–Kier alpha value is -1.12. The second-order valence-electron chi connectivity index (χ2n) is 4.14. The maximum Gasteiger partial charge on any atom is 0.245 e. The largest absolute Gasteiger partial charge is 0.508 e. The summed E-state index contributed by atoms with van der Waals surface area (Å²) in [5.41, 5.74) is 0.646. The van der Waals surface area contributed by atoms with E-state index in [2.05, 4.69) is 0 Å². The Morgan fingerprint density at radius 2 is 1.73 bits per heavy atom. The number of phenols is 1. The fourth-order valence-electron chi connectivity index (χ4n) is 2.12. The third-order valence-electron chi connectivity index (χ3n) is 3.21. The first-order valence-corrected chi connectivity index (χ1v) is 5.25. The first kappa shape index (κ1) is 10.4. The van der Waals surface area contributed by atoms with E-state index in [4.69, 9.17) is 5.11 Å². The lowest BCUT2D eigenvalue weighted by atomic mass is 9.73. The maximum atomic E-state index is 12.9. The van der Waals surface area contributed by atoms with Crippen LogP contribution in [0.25, 0.3) is 0 Å². The summed E-state index contributed by atoms with van der Waals surface area (Å²) in [5.74, 6) is -0.408. The average molecular weight is 212 g/mol. The first-order valence-electron chi connectivity index (χ1n) is 5.25. The van der Waals surface area contributed by atoms with Gasteiger partial charge in [0.2, 0.25) is 6.43 Å². The Morgan fingerprint density at radius 1 is 1.13 bits per heavy atom. The van der Waals surface area contributed by atoms with Crippen LogP contribution < -0.4 is 0 Å². The van der Waals surface area contributed by atoms with Crippen molar-refractivity contribution in [3.63, 3.8) is 0 Å². The van der Waals surface area contributed by atoms with Crippen LogP contribution in [0.2, 0.25) is 0 Å². The van der Waals surface area contributed by atoms with Gasteiger partial charge in [-0.25, -0.2) is 8.78 Å². The lowest BCUT2D eigenvalue weighted by Crippen LogP contribution is -2.25. The van der Waals surface area contributed by atoms with Gasteiger partial charge in [-0.05, 0) is 36.5 Å². The smallest absolute Gasteiger partial charge is 0.245 e. The molecule has 0 heterocycles. The Labute approximate surface area is 87.7 Å². The Balaban J connectivity index is 2.19. The van der Waals surface area contributed by atoms with Gasteiger partial charge in [-0.1, -0.05) is 18.6 Å². The van der Waals surface area contributed by atoms with Crippen molar-refractivity contribution in [3.8, 4) is 5.75 Å². The van der Waals surface area contributed by atoms with Gasteiger partial charge < -0.3 is 5.11 Å². The molecule has 0 bridgehead atoms. The number of rotatable bonds is 3. The summed E-state index contributed by atoms with van der Waals surface area (Å²) in [6.45, 7) is 0. The van der Waals surface area contributed by atoms with Gasteiger partial charge in [0, 0.05) is 5.92 Å². The molecule has 0 amide bonds. The highest BCUT2D eigenvalue weighted by Crippen LogP contribution is 2.42. The normalized spacial score (nSPS) is 18.9. The molecule has 2 rings (SSSR count). The second kappa shape index (κ2) is 4.17. The summed E-state index contributed by atoms with van der Waals surface area (Å²) in [6, 6.07) is 6.15. The number of hydrogen-bond donors (Lipinski definition) is 1. The van der Waals surface area contributed by atoms with E-state index in [1.807, 2.05) is 0 Å². The van der Waals surface area contributed by atoms with Crippen molar-refractivity contribution in [1.29, 1.82) is 0 Å². The van der Waals surface area contributed by atoms with Crippen molar-refractivity contribution in [2.24, 2.45) is 5.92 Å². The van der Waals surface area contributed by atoms with Gasteiger partial charge in [-0.3, -0.25) is 0 Å². The zero-order valence-corrected chi connectivity index (χ0v) is 8.37. The Bertz CT molecular complexity index is 317. The SMILES string of the molecule is Oc1ccc(C(C(F)F)C2CCC2)cc1. The highest BCUT2D eigenvalue weighted by atomic mass is 19.3. The van der Waals surface area contributed by atoms with Crippen molar-refractivity contribution in [3.05, 3.63) is 29.8 Å². The fourth-order valence-corrected chi connectivity index (χ4v) is 2.12. The molecule has 1 aromatic carbocycles. The predicted octanol–water partition coefficient (Wildman–Crippen LogP) is 3.54. The molecule has 1 aliphatic carbocycles. The van der Waals surface area contributed by atoms with Gasteiger partial charge in [0.1, 0.15) is 5.75 Å². The van der Waals surface area contributed by atoms with Crippen LogP contribution in [-0.2, 0) is 0 Å². The molecule has 1 nitrogen and oxygen atoms in total. The van der Waals surface area contributed by atoms with E-state index in [0.717, 1.165) is 19.3 Å². The van der Waals surface area contributed by atoms with E-state index >= 15 is 0 Å². The first-order chi connectivity index (χ1) is 7.18. The minimum atomic E-state index is -2.31. The molecule has 0 aromatic heterocycles. The zero-order valence-electron chi connectivity index (χ0n) is 8.37. The fraction of sp³-hybridized carbons (Fsp3) is 0.500. The van der Waals surface area contributed by atoms with E-state index < -0.39 is 12.3 Å². The lowest BCUT2D eigenvalue weighted by molar-refractivity contribution is 0.0617. The molecule has 3 heteroatoms. The molecule has 1 N–H and O–H groups in total. The van der Waals surface area contributed by atoms with Crippen LogP contribution >= 0.6 is 0 Å². The van der Waals surface area contributed by atoms with Crippen LogP contribution in [0.1, 0.15) is 30.7 Å². The molecule has 0 spiro atoms. The third-order valence-corrected chi connectivity index (χ3v) is 3.21. The standard InChI is InChI=1S/C12H14F2O/c13-12(14)11(8-2-1-3-8)9-4-6-10(15)7-5-9/h4-8,11-12,15H,1-3H2. The monoisotopic (exact) mass is 212 g/mol. The number of aromatic hydroxyl groups is 1. The number of halogens is 2. The minimum absolute atomic E-state index is 0.120. The van der Waals surface area contributed by atoms with Gasteiger partial charge in [0.15, 0.2) is 0 Å². The van der Waals surface area contributed by atoms with Gasteiger partial charge in [0.05, 0.1) is 0 Å². The molecule has 1 saturated carbocycles. The molecular weight excluding hydrogens is 198 g/mol. The van der Waals surface area contributed by atoms with E-state index in [0.29, 0.717) is 5.56 Å². The van der Waals surface area contributed by atoms with Crippen LogP contribution in [0.4, 0.5) is 8.78 Å². The second-order valence-corrected chi connectivity index (χ2v) is 4.14. The molecular formula is C12H14F2O. The lowest BCUT2D eigenvalue weighted by Gasteiger charge is -2.33. The van der Waals surface area contributed by atoms with Crippen LogP contribution in [0.15, 0.2) is 24.3 Å². The van der Waals surface area contributed by atoms with Crippen molar-refractivity contribution in [2.75, 3.05) is 0 Å². The Kier molecular flexibility index (Phi) is 2.89. The highest BCUT2D eigenvalue weighted by molar-refractivity contribution is 5.29. The van der Waals surface area contributed by atoms with Gasteiger partial charge in [-0.15, -0.1) is 0 Å². The maximum absolute atomic E-state index is 12.9. The van der Waals surface area contributed by atoms with Crippen LogP contribution in [0.3, 0.4) is 0 Å². The van der Waals surface area contributed by atoms with Crippen LogP contribution in [-0.4, -0.2) is 11.5 Å². The molecule has 1 aromatic rings. The molecule has 0 aliphatic heterocycles.